The smallest absolute Gasteiger partial charge is 0.266 e. The molecule has 1 heterocycles. The third kappa shape index (κ3) is 4.52. The van der Waals surface area contributed by atoms with E-state index in [2.05, 4.69) is 10.3 Å². The molecule has 0 atom stereocenters. The van der Waals surface area contributed by atoms with Gasteiger partial charge in [0.2, 0.25) is 5.91 Å². The summed E-state index contributed by atoms with van der Waals surface area (Å²) in [4.78, 5) is 30.5. The summed E-state index contributed by atoms with van der Waals surface area (Å²) in [5.41, 5.74) is 2.69. The molecule has 158 valence electrons. The van der Waals surface area contributed by atoms with Gasteiger partial charge < -0.3 is 5.32 Å². The lowest BCUT2D eigenvalue weighted by Crippen LogP contribution is -2.23. The van der Waals surface area contributed by atoms with Crippen molar-refractivity contribution in [1.82, 2.24) is 9.55 Å². The summed E-state index contributed by atoms with van der Waals surface area (Å²) in [7, 11) is 0. The number of aromatic nitrogens is 2. The van der Waals surface area contributed by atoms with Crippen LogP contribution in [0.5, 0.6) is 0 Å². The van der Waals surface area contributed by atoms with Crippen molar-refractivity contribution in [2.75, 3.05) is 11.1 Å². The van der Waals surface area contributed by atoms with Gasteiger partial charge in [0.1, 0.15) is 6.07 Å². The first-order valence-electron chi connectivity index (χ1n) is 9.67. The number of hydrogen-bond acceptors (Lipinski definition) is 5. The predicted molar refractivity (Wildman–Crippen MR) is 128 cm³/mol. The van der Waals surface area contributed by atoms with Gasteiger partial charge in [-0.25, -0.2) is 4.98 Å². The van der Waals surface area contributed by atoms with E-state index in [4.69, 9.17) is 11.6 Å². The third-order valence-electron chi connectivity index (χ3n) is 4.71. The van der Waals surface area contributed by atoms with E-state index >= 15 is 0 Å². The van der Waals surface area contributed by atoms with Crippen molar-refractivity contribution >= 4 is 45.9 Å². The average Bonchev–Trinajstić information content (AvgIpc) is 2.78. The zero-order valence-electron chi connectivity index (χ0n) is 17.0. The van der Waals surface area contributed by atoms with Gasteiger partial charge in [-0.15, -0.1) is 0 Å². The van der Waals surface area contributed by atoms with Crippen molar-refractivity contribution in [1.29, 1.82) is 5.26 Å². The van der Waals surface area contributed by atoms with Crippen LogP contribution in [-0.4, -0.2) is 21.2 Å². The van der Waals surface area contributed by atoms with E-state index in [0.29, 0.717) is 38.0 Å². The van der Waals surface area contributed by atoms with Gasteiger partial charge in [0, 0.05) is 5.02 Å². The Labute approximate surface area is 193 Å². The number of nitrogens with one attached hydrogen (secondary N) is 1. The average molecular weight is 461 g/mol. The van der Waals surface area contributed by atoms with E-state index < -0.39 is 0 Å². The lowest BCUT2D eigenvalue weighted by Gasteiger charge is -2.14. The second-order valence-corrected chi connectivity index (χ2v) is 8.41. The first-order chi connectivity index (χ1) is 15.5. The highest BCUT2D eigenvalue weighted by atomic mass is 35.5. The zero-order valence-corrected chi connectivity index (χ0v) is 18.6. The maximum absolute atomic E-state index is 13.3. The minimum absolute atomic E-state index is 0.00597. The van der Waals surface area contributed by atoms with E-state index in [0.717, 1.165) is 17.3 Å². The van der Waals surface area contributed by atoms with Crippen molar-refractivity contribution in [3.05, 3.63) is 93.2 Å². The summed E-state index contributed by atoms with van der Waals surface area (Å²) in [6.07, 6.45) is 0. The van der Waals surface area contributed by atoms with Crippen molar-refractivity contribution in [2.45, 2.75) is 12.1 Å². The number of anilines is 1. The molecule has 0 aliphatic heterocycles. The van der Waals surface area contributed by atoms with Crippen molar-refractivity contribution in [2.24, 2.45) is 0 Å². The predicted octanol–water partition coefficient (Wildman–Crippen LogP) is 4.95. The number of amides is 1. The Kier molecular flexibility index (Phi) is 6.26. The number of rotatable bonds is 5. The van der Waals surface area contributed by atoms with Crippen LogP contribution in [0.25, 0.3) is 16.6 Å². The van der Waals surface area contributed by atoms with Crippen molar-refractivity contribution in [3.8, 4) is 11.8 Å². The van der Waals surface area contributed by atoms with Gasteiger partial charge in [-0.3, -0.25) is 14.2 Å². The Hall–Kier alpha value is -3.60. The Morgan fingerprint density at radius 3 is 2.75 bits per heavy atom. The standard InChI is InChI=1S/C24H17ClN4O2S/c1-15-5-4-6-18(11-15)29-23(31)19-7-2-3-8-20(19)28-24(29)32-14-22(30)27-21-12-17(25)10-9-16(21)13-26/h2-12H,14H2,1H3,(H,27,30). The van der Waals surface area contributed by atoms with Crippen LogP contribution in [0.1, 0.15) is 11.1 Å². The molecule has 32 heavy (non-hydrogen) atoms. The number of thioether (sulfide) groups is 1. The molecular formula is C24H17ClN4O2S. The second kappa shape index (κ2) is 9.27. The van der Waals surface area contributed by atoms with Crippen LogP contribution in [0.3, 0.4) is 0 Å². The van der Waals surface area contributed by atoms with Gasteiger partial charge in [0.25, 0.3) is 5.56 Å². The topological polar surface area (TPSA) is 87.8 Å². The molecule has 1 aromatic heterocycles. The van der Waals surface area contributed by atoms with E-state index in [-0.39, 0.29) is 17.2 Å². The molecular weight excluding hydrogens is 444 g/mol. The Bertz CT molecular complexity index is 1440. The van der Waals surface area contributed by atoms with E-state index in [1.54, 1.807) is 30.3 Å². The molecule has 4 rings (SSSR count). The normalized spacial score (nSPS) is 10.7. The molecule has 3 aromatic carbocycles. The maximum atomic E-state index is 13.3. The molecule has 0 bridgehead atoms. The number of carbonyl (C=O) groups is 1. The molecule has 0 unspecified atom stereocenters. The highest BCUT2D eigenvalue weighted by Crippen LogP contribution is 2.24. The fourth-order valence-electron chi connectivity index (χ4n) is 3.24. The molecule has 1 N–H and O–H groups in total. The lowest BCUT2D eigenvalue weighted by molar-refractivity contribution is -0.113. The van der Waals surface area contributed by atoms with Crippen LogP contribution in [0.15, 0.2) is 76.7 Å². The summed E-state index contributed by atoms with van der Waals surface area (Å²) in [6.45, 7) is 1.95. The van der Waals surface area contributed by atoms with Gasteiger partial charge in [-0.2, -0.15) is 5.26 Å². The number of nitrogens with zero attached hydrogens (tertiary/aromatic N) is 3. The van der Waals surface area contributed by atoms with Gasteiger partial charge in [0.05, 0.1) is 33.6 Å². The number of halogens is 1. The number of fused-ring (bicyclic) bond motifs is 1. The first kappa shape index (κ1) is 21.6. The van der Waals surface area contributed by atoms with E-state index in [1.807, 2.05) is 43.3 Å². The second-order valence-electron chi connectivity index (χ2n) is 7.03. The minimum atomic E-state index is -0.341. The molecule has 0 spiro atoms. The summed E-state index contributed by atoms with van der Waals surface area (Å²) >= 11 is 7.14. The van der Waals surface area contributed by atoms with Crippen molar-refractivity contribution in [3.63, 3.8) is 0 Å². The molecule has 0 radical (unpaired) electrons. The molecule has 0 saturated heterocycles. The van der Waals surface area contributed by atoms with Crippen LogP contribution in [0.2, 0.25) is 5.02 Å². The third-order valence-corrected chi connectivity index (χ3v) is 5.89. The molecule has 1 amide bonds. The van der Waals surface area contributed by atoms with Crippen LogP contribution in [0.4, 0.5) is 5.69 Å². The Morgan fingerprint density at radius 1 is 1.16 bits per heavy atom. The summed E-state index contributed by atoms with van der Waals surface area (Å²) in [5, 5.41) is 13.3. The molecule has 0 fully saturated rings. The van der Waals surface area contributed by atoms with Gasteiger partial charge in [-0.05, 0) is 55.0 Å². The van der Waals surface area contributed by atoms with Crippen molar-refractivity contribution < 1.29 is 4.79 Å². The molecule has 0 saturated carbocycles. The number of carbonyl (C=O) groups excluding carboxylic acids is 1. The van der Waals surface area contributed by atoms with Gasteiger partial charge >= 0.3 is 0 Å². The number of para-hydroxylation sites is 1. The quantitative estimate of drug-likeness (QED) is 0.336. The van der Waals surface area contributed by atoms with E-state index in [9.17, 15) is 14.9 Å². The fourth-order valence-corrected chi connectivity index (χ4v) is 4.22. The number of nitriles is 1. The first-order valence-corrected chi connectivity index (χ1v) is 11.0. The number of hydrogen-bond donors (Lipinski definition) is 1. The van der Waals surface area contributed by atoms with Gasteiger partial charge in [-0.1, -0.05) is 47.6 Å². The lowest BCUT2D eigenvalue weighted by atomic mass is 10.2. The van der Waals surface area contributed by atoms with E-state index in [1.165, 1.54) is 10.6 Å². The largest absolute Gasteiger partial charge is 0.324 e. The number of aryl methyl sites for hydroxylation is 1. The monoisotopic (exact) mass is 460 g/mol. The summed E-state index contributed by atoms with van der Waals surface area (Å²) in [5.74, 6) is -0.347. The summed E-state index contributed by atoms with van der Waals surface area (Å²) < 4.78 is 1.52. The fraction of sp³-hybridized carbons (Fsp3) is 0.0833. The number of benzene rings is 3. The minimum Gasteiger partial charge on any atom is -0.324 e. The molecule has 0 aliphatic carbocycles. The summed E-state index contributed by atoms with van der Waals surface area (Å²) in [6, 6.07) is 21.4. The molecule has 8 heteroatoms. The van der Waals surface area contributed by atoms with Crippen LogP contribution < -0.4 is 10.9 Å². The van der Waals surface area contributed by atoms with Gasteiger partial charge in [0.15, 0.2) is 5.16 Å². The molecule has 4 aromatic rings. The zero-order chi connectivity index (χ0) is 22.7. The maximum Gasteiger partial charge on any atom is 0.266 e. The SMILES string of the molecule is Cc1cccc(-n2c(SCC(=O)Nc3cc(Cl)ccc3C#N)nc3ccccc3c2=O)c1. The highest BCUT2D eigenvalue weighted by molar-refractivity contribution is 7.99. The highest BCUT2D eigenvalue weighted by Gasteiger charge is 2.15. The van der Waals surface area contributed by atoms with Crippen LogP contribution >= 0.6 is 23.4 Å². The molecule has 0 aliphatic rings. The van der Waals surface area contributed by atoms with Crippen LogP contribution in [0, 0.1) is 18.3 Å². The molecule has 6 nitrogen and oxygen atoms in total. The Morgan fingerprint density at radius 2 is 1.97 bits per heavy atom. The Balaban J connectivity index is 1.68. The van der Waals surface area contributed by atoms with Crippen LogP contribution in [-0.2, 0) is 4.79 Å².